The summed E-state index contributed by atoms with van der Waals surface area (Å²) in [5.41, 5.74) is 0. The SMILES string of the molecule is CCC(=O)N[C@@H](CSC(C)(C)C)C(=O)OC(C)C. The van der Waals surface area contributed by atoms with E-state index in [2.05, 4.69) is 26.1 Å². The molecule has 1 amide bonds. The molecule has 0 unspecified atom stereocenters. The molecular weight excluding hydrogens is 250 g/mol. The summed E-state index contributed by atoms with van der Waals surface area (Å²) in [6.07, 6.45) is 0.198. The third-order valence-electron chi connectivity index (χ3n) is 1.98. The lowest BCUT2D eigenvalue weighted by atomic mass is 10.3. The van der Waals surface area contributed by atoms with E-state index < -0.39 is 6.04 Å². The third-order valence-corrected chi connectivity index (χ3v) is 3.34. The number of carbonyl (C=O) groups excluding carboxylic acids is 2. The number of carbonyl (C=O) groups is 2. The van der Waals surface area contributed by atoms with Gasteiger partial charge in [0.2, 0.25) is 5.91 Å². The Morgan fingerprint density at radius 2 is 1.83 bits per heavy atom. The monoisotopic (exact) mass is 275 g/mol. The Labute approximate surface area is 114 Å². The van der Waals surface area contributed by atoms with Crippen LogP contribution in [0.15, 0.2) is 0 Å². The molecule has 0 spiro atoms. The Balaban J connectivity index is 4.51. The molecule has 0 heterocycles. The molecule has 0 saturated carbocycles. The first-order valence-corrected chi connectivity index (χ1v) is 7.28. The van der Waals surface area contributed by atoms with Gasteiger partial charge in [0, 0.05) is 16.9 Å². The fraction of sp³-hybridized carbons (Fsp3) is 0.846. The zero-order valence-electron chi connectivity index (χ0n) is 12.2. The third kappa shape index (κ3) is 8.39. The molecule has 0 saturated heterocycles. The second-order valence-corrected chi connectivity index (χ2v) is 7.23. The van der Waals surface area contributed by atoms with Crippen molar-refractivity contribution in [3.63, 3.8) is 0 Å². The molecule has 0 rings (SSSR count). The van der Waals surface area contributed by atoms with Crippen LogP contribution in [-0.2, 0) is 14.3 Å². The number of amides is 1. The number of rotatable bonds is 6. The average Bonchev–Trinajstić information content (AvgIpc) is 2.21. The van der Waals surface area contributed by atoms with Gasteiger partial charge in [-0.15, -0.1) is 0 Å². The van der Waals surface area contributed by atoms with E-state index in [1.165, 1.54) is 0 Å². The highest BCUT2D eigenvalue weighted by atomic mass is 32.2. The van der Waals surface area contributed by atoms with E-state index in [1.54, 1.807) is 32.5 Å². The zero-order valence-corrected chi connectivity index (χ0v) is 13.0. The number of hydrogen-bond donors (Lipinski definition) is 1. The molecule has 0 aliphatic carbocycles. The van der Waals surface area contributed by atoms with Crippen molar-refractivity contribution in [3.05, 3.63) is 0 Å². The Morgan fingerprint density at radius 1 is 1.28 bits per heavy atom. The minimum Gasteiger partial charge on any atom is -0.461 e. The maximum absolute atomic E-state index is 11.9. The van der Waals surface area contributed by atoms with E-state index in [-0.39, 0.29) is 22.7 Å². The van der Waals surface area contributed by atoms with Gasteiger partial charge >= 0.3 is 5.97 Å². The van der Waals surface area contributed by atoms with Crippen molar-refractivity contribution in [2.75, 3.05) is 5.75 Å². The highest BCUT2D eigenvalue weighted by Crippen LogP contribution is 2.24. The summed E-state index contributed by atoms with van der Waals surface area (Å²) in [5, 5.41) is 2.71. The van der Waals surface area contributed by atoms with E-state index >= 15 is 0 Å². The predicted molar refractivity (Wildman–Crippen MR) is 75.7 cm³/mol. The van der Waals surface area contributed by atoms with Gasteiger partial charge in [-0.3, -0.25) is 4.79 Å². The fourth-order valence-electron chi connectivity index (χ4n) is 1.11. The molecule has 0 aromatic rings. The van der Waals surface area contributed by atoms with Crippen LogP contribution in [0.2, 0.25) is 0 Å². The summed E-state index contributed by atoms with van der Waals surface area (Å²) < 4.78 is 5.20. The molecule has 0 fully saturated rings. The van der Waals surface area contributed by atoms with Gasteiger partial charge in [0.05, 0.1) is 6.10 Å². The van der Waals surface area contributed by atoms with E-state index in [9.17, 15) is 9.59 Å². The molecule has 1 N–H and O–H groups in total. The highest BCUT2D eigenvalue weighted by Gasteiger charge is 2.25. The summed E-state index contributed by atoms with van der Waals surface area (Å²) in [7, 11) is 0. The van der Waals surface area contributed by atoms with E-state index in [4.69, 9.17) is 4.74 Å². The number of nitrogens with one attached hydrogen (secondary N) is 1. The molecule has 1 atom stereocenters. The average molecular weight is 275 g/mol. The number of esters is 1. The molecular formula is C13H25NO3S. The zero-order chi connectivity index (χ0) is 14.3. The quantitative estimate of drug-likeness (QED) is 0.756. The van der Waals surface area contributed by atoms with Gasteiger partial charge < -0.3 is 10.1 Å². The first-order chi connectivity index (χ1) is 8.15. The van der Waals surface area contributed by atoms with Crippen LogP contribution in [0.3, 0.4) is 0 Å². The van der Waals surface area contributed by atoms with E-state index in [1.807, 2.05) is 0 Å². The lowest BCUT2D eigenvalue weighted by Gasteiger charge is -2.23. The summed E-state index contributed by atoms with van der Waals surface area (Å²) in [6.45, 7) is 11.6. The van der Waals surface area contributed by atoms with Crippen molar-refractivity contribution in [1.29, 1.82) is 0 Å². The lowest BCUT2D eigenvalue weighted by molar-refractivity contribution is -0.150. The maximum atomic E-state index is 11.9. The van der Waals surface area contributed by atoms with Gasteiger partial charge in [-0.2, -0.15) is 11.8 Å². The molecule has 0 aliphatic heterocycles. The van der Waals surface area contributed by atoms with Gasteiger partial charge in [0.1, 0.15) is 6.04 Å². The van der Waals surface area contributed by atoms with Crippen LogP contribution < -0.4 is 5.32 Å². The van der Waals surface area contributed by atoms with Crippen molar-refractivity contribution < 1.29 is 14.3 Å². The van der Waals surface area contributed by atoms with Gasteiger partial charge in [-0.25, -0.2) is 4.79 Å². The minimum atomic E-state index is -0.566. The van der Waals surface area contributed by atoms with E-state index in [0.29, 0.717) is 12.2 Å². The van der Waals surface area contributed by atoms with Crippen LogP contribution in [-0.4, -0.2) is 34.5 Å². The Morgan fingerprint density at radius 3 is 2.22 bits per heavy atom. The Hall–Kier alpha value is -0.710. The summed E-state index contributed by atoms with van der Waals surface area (Å²) in [5.74, 6) is 0.0413. The van der Waals surface area contributed by atoms with Crippen molar-refractivity contribution in [2.45, 2.75) is 64.9 Å². The Kier molecular flexibility index (Phi) is 7.36. The number of hydrogen-bond acceptors (Lipinski definition) is 4. The van der Waals surface area contributed by atoms with Crippen LogP contribution in [0.4, 0.5) is 0 Å². The lowest BCUT2D eigenvalue weighted by Crippen LogP contribution is -2.44. The number of ether oxygens (including phenoxy) is 1. The van der Waals surface area contributed by atoms with Gasteiger partial charge in [0.25, 0.3) is 0 Å². The predicted octanol–water partition coefficient (Wildman–Crippen LogP) is 2.36. The van der Waals surface area contributed by atoms with Gasteiger partial charge in [0.15, 0.2) is 0 Å². The van der Waals surface area contributed by atoms with E-state index in [0.717, 1.165) is 0 Å². The van der Waals surface area contributed by atoms with Crippen LogP contribution in [0.1, 0.15) is 48.0 Å². The summed E-state index contributed by atoms with van der Waals surface area (Å²) in [6, 6.07) is -0.566. The molecule has 5 heteroatoms. The summed E-state index contributed by atoms with van der Waals surface area (Å²) >= 11 is 1.63. The van der Waals surface area contributed by atoms with Crippen molar-refractivity contribution in [3.8, 4) is 0 Å². The number of thioether (sulfide) groups is 1. The molecule has 18 heavy (non-hydrogen) atoms. The maximum Gasteiger partial charge on any atom is 0.329 e. The minimum absolute atomic E-state index is 0.0489. The fourth-order valence-corrected chi connectivity index (χ4v) is 2.00. The van der Waals surface area contributed by atoms with Gasteiger partial charge in [-0.05, 0) is 13.8 Å². The van der Waals surface area contributed by atoms with Crippen LogP contribution >= 0.6 is 11.8 Å². The second kappa shape index (κ2) is 7.67. The largest absolute Gasteiger partial charge is 0.461 e. The molecule has 4 nitrogen and oxygen atoms in total. The van der Waals surface area contributed by atoms with Gasteiger partial charge in [-0.1, -0.05) is 27.7 Å². The highest BCUT2D eigenvalue weighted by molar-refractivity contribution is 8.00. The smallest absolute Gasteiger partial charge is 0.329 e. The van der Waals surface area contributed by atoms with Crippen LogP contribution in [0.25, 0.3) is 0 Å². The normalized spacial score (nSPS) is 13.3. The van der Waals surface area contributed by atoms with Crippen molar-refractivity contribution >= 4 is 23.6 Å². The summed E-state index contributed by atoms with van der Waals surface area (Å²) in [4.78, 5) is 23.3. The Bertz CT molecular complexity index is 284. The molecule has 0 bridgehead atoms. The topological polar surface area (TPSA) is 55.4 Å². The standard InChI is InChI=1S/C13H25NO3S/c1-7-11(15)14-10(8-18-13(4,5)6)12(16)17-9(2)3/h9-10H,7-8H2,1-6H3,(H,14,15)/t10-/m0/s1. The first kappa shape index (κ1) is 17.3. The molecule has 0 radical (unpaired) electrons. The van der Waals surface area contributed by atoms with Crippen molar-refractivity contribution in [2.24, 2.45) is 0 Å². The molecule has 0 aliphatic rings. The van der Waals surface area contributed by atoms with Crippen LogP contribution in [0.5, 0.6) is 0 Å². The molecule has 106 valence electrons. The van der Waals surface area contributed by atoms with Crippen molar-refractivity contribution in [1.82, 2.24) is 5.32 Å². The molecule has 0 aromatic carbocycles. The first-order valence-electron chi connectivity index (χ1n) is 6.29. The van der Waals surface area contributed by atoms with Crippen LogP contribution in [0, 0.1) is 0 Å². The molecule has 0 aromatic heterocycles. The second-order valence-electron chi connectivity index (χ2n) is 5.38.